The van der Waals surface area contributed by atoms with Crippen LogP contribution in [0.4, 0.5) is 10.1 Å². The fraction of sp³-hybridized carbons (Fsp3) is 0.462. The summed E-state index contributed by atoms with van der Waals surface area (Å²) in [6.45, 7) is 3.55. The standard InChI is InChI=1S/C13H16FN5O/c1-8(10-4-5-20-7-10)19-13(16-17-18-19)9-2-3-11(14)12(15)6-9/h2-3,6,8,10H,4-5,7,15H2,1H3. The van der Waals surface area contributed by atoms with Crippen LogP contribution in [0.25, 0.3) is 11.4 Å². The van der Waals surface area contributed by atoms with Crippen molar-refractivity contribution in [3.63, 3.8) is 0 Å². The van der Waals surface area contributed by atoms with Gasteiger partial charge in [-0.25, -0.2) is 9.07 Å². The molecule has 20 heavy (non-hydrogen) atoms. The lowest BCUT2D eigenvalue weighted by molar-refractivity contribution is 0.173. The van der Waals surface area contributed by atoms with Gasteiger partial charge in [0.15, 0.2) is 5.82 Å². The van der Waals surface area contributed by atoms with Crippen molar-refractivity contribution in [2.24, 2.45) is 5.92 Å². The first-order valence-corrected chi connectivity index (χ1v) is 6.58. The van der Waals surface area contributed by atoms with Crippen LogP contribution in [0, 0.1) is 11.7 Å². The fourth-order valence-corrected chi connectivity index (χ4v) is 2.47. The molecule has 106 valence electrons. The van der Waals surface area contributed by atoms with Gasteiger partial charge in [0.05, 0.1) is 18.3 Å². The van der Waals surface area contributed by atoms with E-state index in [1.54, 1.807) is 16.8 Å². The van der Waals surface area contributed by atoms with Crippen molar-refractivity contribution in [3.8, 4) is 11.4 Å². The van der Waals surface area contributed by atoms with Gasteiger partial charge in [-0.1, -0.05) is 0 Å². The molecule has 0 spiro atoms. The van der Waals surface area contributed by atoms with E-state index in [1.807, 2.05) is 0 Å². The predicted octanol–water partition coefficient (Wildman–Crippen LogP) is 1.66. The average Bonchev–Trinajstić information content (AvgIpc) is 3.11. The molecule has 1 saturated heterocycles. The Morgan fingerprint density at radius 1 is 1.50 bits per heavy atom. The van der Waals surface area contributed by atoms with Gasteiger partial charge >= 0.3 is 0 Å². The van der Waals surface area contributed by atoms with Crippen molar-refractivity contribution in [2.75, 3.05) is 18.9 Å². The van der Waals surface area contributed by atoms with Crippen LogP contribution in [0.3, 0.4) is 0 Å². The SMILES string of the molecule is CC(C1CCOC1)n1nnnc1-c1ccc(F)c(N)c1. The van der Waals surface area contributed by atoms with Crippen LogP contribution in [0.2, 0.25) is 0 Å². The largest absolute Gasteiger partial charge is 0.396 e. The maximum Gasteiger partial charge on any atom is 0.182 e. The quantitative estimate of drug-likeness (QED) is 0.863. The number of tetrazole rings is 1. The van der Waals surface area contributed by atoms with Crippen LogP contribution in [0.5, 0.6) is 0 Å². The van der Waals surface area contributed by atoms with Crippen molar-refractivity contribution in [1.29, 1.82) is 0 Å². The number of nitrogen functional groups attached to an aromatic ring is 1. The van der Waals surface area contributed by atoms with E-state index in [-0.39, 0.29) is 11.7 Å². The van der Waals surface area contributed by atoms with Gasteiger partial charge in [-0.2, -0.15) is 0 Å². The number of aromatic nitrogens is 4. The molecular weight excluding hydrogens is 261 g/mol. The van der Waals surface area contributed by atoms with E-state index >= 15 is 0 Å². The first-order valence-electron chi connectivity index (χ1n) is 6.58. The highest BCUT2D eigenvalue weighted by Crippen LogP contribution is 2.29. The van der Waals surface area contributed by atoms with E-state index in [4.69, 9.17) is 10.5 Å². The number of nitrogens with two attached hydrogens (primary N) is 1. The Bertz CT molecular complexity index is 609. The first kappa shape index (κ1) is 13.0. The van der Waals surface area contributed by atoms with Crippen LogP contribution >= 0.6 is 0 Å². The highest BCUT2D eigenvalue weighted by molar-refractivity contribution is 5.61. The monoisotopic (exact) mass is 277 g/mol. The minimum Gasteiger partial charge on any atom is -0.396 e. The molecule has 2 N–H and O–H groups in total. The van der Waals surface area contributed by atoms with Gasteiger partial charge in [-0.3, -0.25) is 0 Å². The van der Waals surface area contributed by atoms with Gasteiger partial charge < -0.3 is 10.5 Å². The molecule has 1 aliphatic rings. The fourth-order valence-electron chi connectivity index (χ4n) is 2.47. The van der Waals surface area contributed by atoms with E-state index in [2.05, 4.69) is 22.4 Å². The van der Waals surface area contributed by atoms with E-state index in [0.29, 0.717) is 23.9 Å². The van der Waals surface area contributed by atoms with Gasteiger partial charge in [-0.15, -0.1) is 5.10 Å². The second-order valence-corrected chi connectivity index (χ2v) is 5.05. The summed E-state index contributed by atoms with van der Waals surface area (Å²) in [7, 11) is 0. The molecule has 2 aromatic rings. The summed E-state index contributed by atoms with van der Waals surface area (Å²) in [5, 5.41) is 11.8. The number of hydrogen-bond acceptors (Lipinski definition) is 5. The molecule has 0 amide bonds. The van der Waals surface area contributed by atoms with E-state index in [9.17, 15) is 4.39 Å². The molecule has 0 radical (unpaired) electrons. The summed E-state index contributed by atoms with van der Waals surface area (Å²) in [6.07, 6.45) is 0.992. The lowest BCUT2D eigenvalue weighted by Crippen LogP contribution is -2.19. The Balaban J connectivity index is 1.94. The third kappa shape index (κ3) is 2.24. The second kappa shape index (κ2) is 5.16. The molecule has 0 bridgehead atoms. The van der Waals surface area contributed by atoms with Gasteiger partial charge in [0.25, 0.3) is 0 Å². The third-order valence-corrected chi connectivity index (χ3v) is 3.78. The van der Waals surface area contributed by atoms with Crippen LogP contribution in [-0.2, 0) is 4.74 Å². The minimum atomic E-state index is -0.440. The summed E-state index contributed by atoms with van der Waals surface area (Å²) in [6, 6.07) is 4.63. The molecular formula is C13H16FN5O. The summed E-state index contributed by atoms with van der Waals surface area (Å²) < 4.78 is 20.4. The number of nitrogens with zero attached hydrogens (tertiary/aromatic N) is 4. The van der Waals surface area contributed by atoms with Gasteiger partial charge in [0.1, 0.15) is 5.82 Å². The summed E-state index contributed by atoms with van der Waals surface area (Å²) in [4.78, 5) is 0. The lowest BCUT2D eigenvalue weighted by atomic mass is 10.0. The summed E-state index contributed by atoms with van der Waals surface area (Å²) in [5.74, 6) is 0.538. The zero-order chi connectivity index (χ0) is 14.1. The van der Waals surface area contributed by atoms with E-state index < -0.39 is 5.82 Å². The normalized spacial score (nSPS) is 20.2. The average molecular weight is 277 g/mol. The molecule has 6 nitrogen and oxygen atoms in total. The second-order valence-electron chi connectivity index (χ2n) is 5.05. The van der Waals surface area contributed by atoms with E-state index in [1.165, 1.54) is 6.07 Å². The van der Waals surface area contributed by atoms with Crippen molar-refractivity contribution in [2.45, 2.75) is 19.4 Å². The van der Waals surface area contributed by atoms with Crippen molar-refractivity contribution < 1.29 is 9.13 Å². The first-order chi connectivity index (χ1) is 9.66. The van der Waals surface area contributed by atoms with Gasteiger partial charge in [-0.05, 0) is 42.0 Å². The van der Waals surface area contributed by atoms with Crippen LogP contribution < -0.4 is 5.73 Å². The summed E-state index contributed by atoms with van der Waals surface area (Å²) >= 11 is 0. The Morgan fingerprint density at radius 3 is 3.05 bits per heavy atom. The zero-order valence-corrected chi connectivity index (χ0v) is 11.2. The number of anilines is 1. The smallest absolute Gasteiger partial charge is 0.182 e. The number of ether oxygens (including phenoxy) is 1. The van der Waals surface area contributed by atoms with Crippen molar-refractivity contribution in [1.82, 2.24) is 20.2 Å². The highest BCUT2D eigenvalue weighted by atomic mass is 19.1. The van der Waals surface area contributed by atoms with Gasteiger partial charge in [0, 0.05) is 18.1 Å². The molecule has 2 unspecified atom stereocenters. The zero-order valence-electron chi connectivity index (χ0n) is 11.2. The maximum absolute atomic E-state index is 13.2. The predicted molar refractivity (Wildman–Crippen MR) is 71.3 cm³/mol. The van der Waals surface area contributed by atoms with Crippen LogP contribution in [-0.4, -0.2) is 33.4 Å². The molecule has 2 heterocycles. The Morgan fingerprint density at radius 2 is 2.35 bits per heavy atom. The maximum atomic E-state index is 13.2. The molecule has 7 heteroatoms. The summed E-state index contributed by atoms with van der Waals surface area (Å²) in [5.41, 5.74) is 6.40. The molecule has 1 fully saturated rings. The number of benzene rings is 1. The Labute approximate surface area is 115 Å². The molecule has 3 rings (SSSR count). The van der Waals surface area contributed by atoms with Crippen LogP contribution in [0.1, 0.15) is 19.4 Å². The molecule has 1 aliphatic heterocycles. The van der Waals surface area contributed by atoms with Crippen molar-refractivity contribution >= 4 is 5.69 Å². The third-order valence-electron chi connectivity index (χ3n) is 3.78. The van der Waals surface area contributed by atoms with Crippen LogP contribution in [0.15, 0.2) is 18.2 Å². The molecule has 1 aromatic heterocycles. The highest BCUT2D eigenvalue weighted by Gasteiger charge is 2.26. The molecule has 1 aromatic carbocycles. The van der Waals surface area contributed by atoms with Gasteiger partial charge in [0.2, 0.25) is 0 Å². The Kier molecular flexibility index (Phi) is 3.35. The number of rotatable bonds is 3. The Hall–Kier alpha value is -2.02. The topological polar surface area (TPSA) is 78.8 Å². The van der Waals surface area contributed by atoms with Crippen molar-refractivity contribution in [3.05, 3.63) is 24.0 Å². The number of halogens is 1. The molecule has 0 aliphatic carbocycles. The lowest BCUT2D eigenvalue weighted by Gasteiger charge is -2.18. The molecule has 0 saturated carbocycles. The van der Waals surface area contributed by atoms with E-state index in [0.717, 1.165) is 13.0 Å². The molecule has 2 atom stereocenters. The minimum absolute atomic E-state index is 0.0916. The number of hydrogen-bond donors (Lipinski definition) is 1.